The molecule has 106 heavy (non-hydrogen) atoms. The molecule has 2 aliphatic carbocycles. The number of hydrogen-bond donors (Lipinski definition) is 9. The minimum Gasteiger partial charge on any atom is -0.465 e. The van der Waals surface area contributed by atoms with E-state index in [0.29, 0.717) is 68.3 Å². The van der Waals surface area contributed by atoms with E-state index in [1.54, 1.807) is 75.4 Å². The highest BCUT2D eigenvalue weighted by atomic mass is 32.2. The second-order valence-electron chi connectivity index (χ2n) is 26.8. The number of benzene rings is 4. The molecule has 4 unspecified atom stereocenters. The maximum Gasteiger partial charge on any atom is 0.408 e. The maximum absolute atomic E-state index is 13.5. The van der Waals surface area contributed by atoms with E-state index in [1.165, 1.54) is 31.4 Å². The third-order valence-electron chi connectivity index (χ3n) is 16.7. The highest BCUT2D eigenvalue weighted by molar-refractivity contribution is 7.89. The summed E-state index contributed by atoms with van der Waals surface area (Å²) in [4.78, 5) is 145. The summed E-state index contributed by atoms with van der Waals surface area (Å²) in [6.07, 6.45) is 3.61. The number of carbonyl (C=O) groups is 12. The summed E-state index contributed by atoms with van der Waals surface area (Å²) in [7, 11) is -6.83. The van der Waals surface area contributed by atoms with Gasteiger partial charge in [0.2, 0.25) is 55.5 Å². The van der Waals surface area contributed by atoms with Gasteiger partial charge in [-0.15, -0.1) is 0 Å². The number of rotatable bonds is 26. The molecule has 4 fully saturated rings. The quantitative estimate of drug-likeness (QED) is 0.0165. The molecule has 7 amide bonds. The average molecular weight is 1510 g/mol. The number of anilines is 1. The first-order valence-corrected chi connectivity index (χ1v) is 37.1. The lowest BCUT2D eigenvalue weighted by Crippen LogP contribution is -2.51. The molecule has 9 N–H and O–H groups in total. The third kappa shape index (κ3) is 28.7. The van der Waals surface area contributed by atoms with E-state index >= 15 is 0 Å². The summed E-state index contributed by atoms with van der Waals surface area (Å²) in [5.74, 6) is -7.10. The van der Waals surface area contributed by atoms with Crippen molar-refractivity contribution in [3.05, 3.63) is 175 Å². The van der Waals surface area contributed by atoms with Crippen molar-refractivity contribution in [2.24, 2.45) is 17.8 Å². The zero-order valence-corrected chi connectivity index (χ0v) is 61.8. The molecule has 31 heteroatoms. The van der Waals surface area contributed by atoms with Crippen LogP contribution in [0.3, 0.4) is 0 Å². The van der Waals surface area contributed by atoms with Gasteiger partial charge in [-0.25, -0.2) is 44.6 Å². The normalized spacial score (nSPS) is 18.0. The van der Waals surface area contributed by atoms with Gasteiger partial charge in [-0.05, 0) is 114 Å². The van der Waals surface area contributed by atoms with Crippen molar-refractivity contribution in [1.29, 1.82) is 0 Å². The molecule has 6 atom stereocenters. The first kappa shape index (κ1) is 86.4. The highest BCUT2D eigenvalue weighted by Crippen LogP contribution is 2.26. The number of sulfonamides is 2. The first-order valence-electron chi connectivity index (χ1n) is 34.2. The minimum absolute atomic E-state index is 0.000667. The van der Waals surface area contributed by atoms with Crippen molar-refractivity contribution in [2.75, 3.05) is 25.5 Å². The number of allylic oxidation sites excluding steroid dienone is 4. The van der Waals surface area contributed by atoms with Crippen LogP contribution in [0.4, 0.5) is 19.3 Å². The Morgan fingerprint density at radius 3 is 1.60 bits per heavy atom. The molecule has 0 radical (unpaired) electrons. The molecule has 572 valence electrons. The van der Waals surface area contributed by atoms with Gasteiger partial charge in [0, 0.05) is 86.8 Å². The summed E-state index contributed by atoms with van der Waals surface area (Å²) < 4.78 is 89.2. The molecule has 0 aromatic heterocycles. The molecule has 2 saturated carbocycles. The van der Waals surface area contributed by atoms with Crippen LogP contribution in [0.25, 0.3) is 0 Å². The summed E-state index contributed by atoms with van der Waals surface area (Å²) in [6, 6.07) is 22.8. The van der Waals surface area contributed by atoms with Gasteiger partial charge in [0.1, 0.15) is 35.1 Å². The molecule has 4 aromatic rings. The number of hydrogen-bond acceptors (Lipinski definition) is 18. The number of methoxy groups -OCH3 is 1. The van der Waals surface area contributed by atoms with Gasteiger partial charge in [0.15, 0.2) is 22.2 Å². The van der Waals surface area contributed by atoms with Gasteiger partial charge in [0.05, 0.1) is 35.3 Å². The lowest BCUT2D eigenvalue weighted by molar-refractivity contribution is -0.132. The standard InChI is InChI=1S/C24H31N3O7.C19H24N2O3.C16H18F2N2O4S.C16H20N2O4S/c1-14-10-11-15(20(29)25-14)12-16(28)13-19(27-23(32)34-24(2,3)4)21(30)26-18-9-7-6-8-17(18)22(31)33-5;1-12(2)15(11-17(22)14-7-5-4-6-8-14)18(23)21-16-10-9-13(3)20-19(16)24;1-10-5-6-13(14(21)9-10)20-15(22)7-8-19-25(23,24)16-11(17)3-2-4-12(16)18;1-12-7-8-14(15(19)11-12)18-16(20)9-10-17-23(21,22)13-5-3-2-4-6-13/h6-9,15,19H,1,10-13H2,2-5H3,(H,25,29)(H,26,30)(H,27,32);4-8,12,15-16H,3,9-11H2,1-2H3,(H,20,24)(H,21,23);2-4,13,19H,1,5-9H2,(H,20,22);2-6,14,17H,1,7-11H2,(H,18,20)/t15?,19-;15-,16?;;/m00../s1. The Hall–Kier alpha value is -10.2. The number of halogens is 2. The Morgan fingerprint density at radius 2 is 1.09 bits per heavy atom. The lowest BCUT2D eigenvalue weighted by atomic mass is 9.87. The molecular formula is C75H93F2N9O18S2. The number of para-hydroxylation sites is 1. The molecule has 4 aromatic carbocycles. The fraction of sp³-hybridized carbons (Fsp3) is 0.413. The summed E-state index contributed by atoms with van der Waals surface area (Å²) >= 11 is 0. The predicted molar refractivity (Wildman–Crippen MR) is 388 cm³/mol. The number of ketones is 4. The van der Waals surface area contributed by atoms with Gasteiger partial charge >= 0.3 is 12.1 Å². The van der Waals surface area contributed by atoms with E-state index in [1.807, 2.05) is 24.6 Å². The number of amides is 7. The van der Waals surface area contributed by atoms with Crippen LogP contribution in [0.15, 0.2) is 162 Å². The molecule has 4 aliphatic rings. The van der Waals surface area contributed by atoms with Crippen LogP contribution in [0.2, 0.25) is 0 Å². The second kappa shape index (κ2) is 40.9. The Morgan fingerprint density at radius 1 is 0.594 bits per heavy atom. The fourth-order valence-corrected chi connectivity index (χ4v) is 13.2. The van der Waals surface area contributed by atoms with Crippen LogP contribution >= 0.6 is 0 Å². The van der Waals surface area contributed by atoms with Crippen LogP contribution in [-0.2, 0) is 72.7 Å². The number of ether oxygens (including phenoxy) is 2. The van der Waals surface area contributed by atoms with E-state index in [-0.39, 0.29) is 120 Å². The largest absolute Gasteiger partial charge is 0.465 e. The number of carbonyl (C=O) groups excluding carboxylic acids is 12. The van der Waals surface area contributed by atoms with E-state index in [4.69, 9.17) is 9.47 Å². The van der Waals surface area contributed by atoms with Crippen LogP contribution in [-0.4, -0.2) is 137 Å². The Labute approximate surface area is 615 Å². The Kier molecular flexibility index (Phi) is 33.3. The predicted octanol–water partition coefficient (Wildman–Crippen LogP) is 7.71. The highest BCUT2D eigenvalue weighted by Gasteiger charge is 2.35. The van der Waals surface area contributed by atoms with Crippen molar-refractivity contribution >= 4 is 96.4 Å². The van der Waals surface area contributed by atoms with Crippen molar-refractivity contribution in [1.82, 2.24) is 41.3 Å². The molecule has 2 saturated heterocycles. The van der Waals surface area contributed by atoms with E-state index < -0.39 is 102 Å². The van der Waals surface area contributed by atoms with Crippen molar-refractivity contribution < 1.29 is 92.6 Å². The van der Waals surface area contributed by atoms with Gasteiger partial charge in [-0.2, -0.15) is 0 Å². The minimum atomic E-state index is -4.43. The molecule has 0 bridgehead atoms. The van der Waals surface area contributed by atoms with Crippen LogP contribution in [0, 0.1) is 29.4 Å². The third-order valence-corrected chi connectivity index (χ3v) is 19.7. The molecule has 8 rings (SSSR count). The lowest BCUT2D eigenvalue weighted by Gasteiger charge is -2.27. The number of nitrogens with one attached hydrogen (secondary N) is 9. The van der Waals surface area contributed by atoms with Gasteiger partial charge in [0.25, 0.3) is 0 Å². The second-order valence-corrected chi connectivity index (χ2v) is 30.3. The number of alkyl carbamates (subject to hydrolysis) is 1. The fourth-order valence-electron chi connectivity index (χ4n) is 11.0. The Balaban J connectivity index is 0.000000257. The smallest absolute Gasteiger partial charge is 0.408 e. The number of piperidine rings is 2. The first-order chi connectivity index (χ1) is 49.9. The van der Waals surface area contributed by atoms with E-state index in [0.717, 1.165) is 35.8 Å². The maximum atomic E-state index is 13.5. The van der Waals surface area contributed by atoms with E-state index in [2.05, 4.69) is 68.3 Å². The molecule has 0 spiro atoms. The SMILES string of the molecule is C=C1CCC(CC(=O)C[C@H](NC(=O)OC(C)(C)C)C(=O)Nc2ccccc2C(=O)OC)C(=O)N1.C=C1CCC(NC(=O)CCNS(=O)(=O)c2c(F)cccc2F)C(=O)C1.C=C1CCC(NC(=O)CCNS(=O)(=O)c2ccccc2)C(=O)C1.C=C1CCC(NC(=O)[C@@H](CC(=O)c2ccccc2)C(C)C)C(=O)N1. The molecule has 2 heterocycles. The average Bonchev–Trinajstić information content (AvgIpc) is 0.814. The van der Waals surface area contributed by atoms with Crippen molar-refractivity contribution in [3.63, 3.8) is 0 Å². The van der Waals surface area contributed by atoms with Gasteiger partial charge in [-0.3, -0.25) is 47.9 Å². The zero-order chi connectivity index (χ0) is 78.6. The van der Waals surface area contributed by atoms with Crippen molar-refractivity contribution in [3.8, 4) is 0 Å². The molecule has 27 nitrogen and oxygen atoms in total. The topological polar surface area (TPSA) is 400 Å². The molecule has 2 aliphatic heterocycles. The van der Waals surface area contributed by atoms with Gasteiger partial charge < -0.3 is 46.7 Å². The monoisotopic (exact) mass is 1510 g/mol. The summed E-state index contributed by atoms with van der Waals surface area (Å²) in [5.41, 5.74) is 3.02. The van der Waals surface area contributed by atoms with Crippen LogP contribution in [0.5, 0.6) is 0 Å². The zero-order valence-electron chi connectivity index (χ0n) is 60.1. The summed E-state index contributed by atoms with van der Waals surface area (Å²) in [6.45, 7) is 23.4. The molecular weight excluding hydrogens is 1420 g/mol. The summed E-state index contributed by atoms with van der Waals surface area (Å²) in [5, 5.41) is 18.2. The Bertz CT molecular complexity index is 4170. The van der Waals surface area contributed by atoms with E-state index in [9.17, 15) is 83.2 Å². The number of esters is 1. The van der Waals surface area contributed by atoms with Crippen LogP contribution < -0.4 is 46.7 Å². The van der Waals surface area contributed by atoms with Crippen LogP contribution in [0.1, 0.15) is 152 Å². The number of Topliss-reactive ketones (excluding diaryl/α,β-unsaturated/α-hetero) is 4. The van der Waals surface area contributed by atoms with Crippen molar-refractivity contribution in [2.45, 2.75) is 170 Å². The van der Waals surface area contributed by atoms with Gasteiger partial charge in [-0.1, -0.05) is 118 Å².